The molecule has 4 nitrogen and oxygen atoms in total. The average Bonchev–Trinajstić information content (AvgIpc) is 3.06. The monoisotopic (exact) mass is 304 g/mol. The number of nitrogens with zero attached hydrogens (tertiary/aromatic N) is 3. The van der Waals surface area contributed by atoms with E-state index >= 15 is 0 Å². The number of fused-ring (bicyclic) bond motifs is 1. The molecule has 2 N–H and O–H groups in total. The number of anilines is 1. The predicted octanol–water partition coefficient (Wildman–Crippen LogP) is 3.19. The zero-order chi connectivity index (χ0) is 15.0. The van der Waals surface area contributed by atoms with Crippen LogP contribution in [0.3, 0.4) is 0 Å². The highest BCUT2D eigenvalue weighted by Crippen LogP contribution is 2.30. The minimum absolute atomic E-state index is 0.124. The molecule has 0 saturated carbocycles. The lowest BCUT2D eigenvalue weighted by atomic mass is 10.1. The van der Waals surface area contributed by atoms with Crippen LogP contribution in [0.5, 0.6) is 0 Å². The van der Waals surface area contributed by atoms with Gasteiger partial charge in [0.1, 0.15) is 5.82 Å². The van der Waals surface area contributed by atoms with Crippen LogP contribution < -0.4 is 10.6 Å². The first-order chi connectivity index (χ1) is 10.1. The van der Waals surface area contributed by atoms with Crippen molar-refractivity contribution in [2.45, 2.75) is 19.5 Å². The number of imidazole rings is 1. The van der Waals surface area contributed by atoms with E-state index in [4.69, 9.17) is 5.73 Å². The largest absolute Gasteiger partial charge is 0.351 e. The van der Waals surface area contributed by atoms with Gasteiger partial charge in [-0.15, -0.1) is 11.3 Å². The Morgan fingerprint density at radius 1 is 1.43 bits per heavy atom. The molecule has 1 aromatic carbocycles. The zero-order valence-electron chi connectivity index (χ0n) is 12.0. The average molecular weight is 304 g/mol. The third kappa shape index (κ3) is 2.30. The first-order valence-electron chi connectivity index (χ1n) is 6.75. The van der Waals surface area contributed by atoms with Crippen molar-refractivity contribution < 1.29 is 4.39 Å². The maximum Gasteiger partial charge on any atom is 0.195 e. The summed E-state index contributed by atoms with van der Waals surface area (Å²) < 4.78 is 16.0. The second-order valence-corrected chi connectivity index (χ2v) is 5.82. The highest BCUT2D eigenvalue weighted by atomic mass is 32.1. The molecule has 0 bridgehead atoms. The summed E-state index contributed by atoms with van der Waals surface area (Å²) in [5, 5.41) is 1.98. The van der Waals surface area contributed by atoms with E-state index in [2.05, 4.69) is 4.98 Å². The van der Waals surface area contributed by atoms with Crippen LogP contribution in [0.15, 0.2) is 35.8 Å². The number of nitrogens with two attached hydrogens (primary N) is 1. The predicted molar refractivity (Wildman–Crippen MR) is 84.2 cm³/mol. The Balaban J connectivity index is 2.02. The van der Waals surface area contributed by atoms with Crippen molar-refractivity contribution in [2.24, 2.45) is 5.73 Å². The smallest absolute Gasteiger partial charge is 0.195 e. The van der Waals surface area contributed by atoms with Crippen LogP contribution in [0.2, 0.25) is 0 Å². The van der Waals surface area contributed by atoms with Crippen molar-refractivity contribution in [1.29, 1.82) is 0 Å². The molecule has 0 spiro atoms. The van der Waals surface area contributed by atoms with Crippen molar-refractivity contribution in [3.63, 3.8) is 0 Å². The molecule has 0 amide bonds. The zero-order valence-corrected chi connectivity index (χ0v) is 12.8. The molecular formula is C15H17FN4S. The van der Waals surface area contributed by atoms with Crippen LogP contribution in [-0.4, -0.2) is 16.4 Å². The van der Waals surface area contributed by atoms with Crippen LogP contribution in [0.4, 0.5) is 10.2 Å². The maximum atomic E-state index is 14.0. The molecule has 2 aromatic heterocycles. The van der Waals surface area contributed by atoms with Crippen LogP contribution >= 0.6 is 11.3 Å². The molecule has 0 saturated heterocycles. The third-order valence-electron chi connectivity index (χ3n) is 3.80. The van der Waals surface area contributed by atoms with Gasteiger partial charge < -0.3 is 10.6 Å². The molecule has 110 valence electrons. The Morgan fingerprint density at radius 3 is 2.90 bits per heavy atom. The molecule has 0 aliphatic heterocycles. The van der Waals surface area contributed by atoms with Gasteiger partial charge >= 0.3 is 0 Å². The quantitative estimate of drug-likeness (QED) is 0.805. The number of rotatable bonds is 4. The van der Waals surface area contributed by atoms with E-state index in [1.54, 1.807) is 23.5 Å². The summed E-state index contributed by atoms with van der Waals surface area (Å²) in [6.45, 7) is 2.35. The summed E-state index contributed by atoms with van der Waals surface area (Å²) >= 11 is 1.56. The van der Waals surface area contributed by atoms with Crippen molar-refractivity contribution in [3.8, 4) is 0 Å². The molecule has 1 unspecified atom stereocenters. The van der Waals surface area contributed by atoms with Crippen molar-refractivity contribution in [3.05, 3.63) is 52.9 Å². The van der Waals surface area contributed by atoms with Gasteiger partial charge in [-0.05, 0) is 13.0 Å². The minimum atomic E-state index is -0.202. The van der Waals surface area contributed by atoms with Gasteiger partial charge in [0.2, 0.25) is 0 Å². The standard InChI is InChI=1S/C15H17FN4S/c1-10(11-5-3-4-6-12(11)16)19(2)14-13(9-17)20-7-8-21-15(20)18-14/h3-8,10H,9,17H2,1-2H3. The van der Waals surface area contributed by atoms with E-state index < -0.39 is 0 Å². The molecule has 3 aromatic rings. The van der Waals surface area contributed by atoms with Crippen LogP contribution in [0.1, 0.15) is 24.2 Å². The normalized spacial score (nSPS) is 12.8. The molecule has 1 atom stereocenters. The van der Waals surface area contributed by atoms with Gasteiger partial charge in [-0.3, -0.25) is 4.40 Å². The lowest BCUT2D eigenvalue weighted by molar-refractivity contribution is 0.584. The third-order valence-corrected chi connectivity index (χ3v) is 4.56. The summed E-state index contributed by atoms with van der Waals surface area (Å²) in [6.07, 6.45) is 1.96. The highest BCUT2D eigenvalue weighted by molar-refractivity contribution is 7.15. The summed E-state index contributed by atoms with van der Waals surface area (Å²) in [5.41, 5.74) is 7.46. The lowest BCUT2D eigenvalue weighted by Gasteiger charge is -2.26. The van der Waals surface area contributed by atoms with E-state index in [9.17, 15) is 4.39 Å². The summed E-state index contributed by atoms with van der Waals surface area (Å²) in [7, 11) is 1.92. The second-order valence-electron chi connectivity index (χ2n) is 4.95. The number of hydrogen-bond acceptors (Lipinski definition) is 4. The van der Waals surface area contributed by atoms with E-state index in [1.165, 1.54) is 6.07 Å². The SMILES string of the molecule is CC(c1ccccc1F)N(C)c1nc2sccn2c1CN. The molecule has 0 radical (unpaired) electrons. The maximum absolute atomic E-state index is 14.0. The summed E-state index contributed by atoms with van der Waals surface area (Å²) in [6, 6.07) is 6.70. The van der Waals surface area contributed by atoms with Crippen LogP contribution in [0, 0.1) is 5.82 Å². The molecule has 0 aliphatic carbocycles. The Morgan fingerprint density at radius 2 is 2.19 bits per heavy atom. The van der Waals surface area contributed by atoms with Gasteiger partial charge in [-0.1, -0.05) is 18.2 Å². The fraction of sp³-hybridized carbons (Fsp3) is 0.267. The topological polar surface area (TPSA) is 46.6 Å². The molecular weight excluding hydrogens is 287 g/mol. The van der Waals surface area contributed by atoms with E-state index in [0.29, 0.717) is 12.1 Å². The molecule has 21 heavy (non-hydrogen) atoms. The van der Waals surface area contributed by atoms with Gasteiger partial charge in [-0.25, -0.2) is 9.37 Å². The van der Waals surface area contributed by atoms with Crippen molar-refractivity contribution in [2.75, 3.05) is 11.9 Å². The molecule has 0 aliphatic rings. The van der Waals surface area contributed by atoms with Gasteiger partial charge in [0.25, 0.3) is 0 Å². The minimum Gasteiger partial charge on any atom is -0.351 e. The molecule has 0 fully saturated rings. The van der Waals surface area contributed by atoms with Crippen LogP contribution in [-0.2, 0) is 6.54 Å². The number of benzene rings is 1. The Labute approximate surface area is 126 Å². The second kappa shape index (κ2) is 5.46. The molecule has 3 rings (SSSR count). The summed E-state index contributed by atoms with van der Waals surface area (Å²) in [4.78, 5) is 7.50. The number of thiazole rings is 1. The van der Waals surface area contributed by atoms with E-state index in [-0.39, 0.29) is 11.9 Å². The van der Waals surface area contributed by atoms with Crippen molar-refractivity contribution in [1.82, 2.24) is 9.38 Å². The summed E-state index contributed by atoms with van der Waals surface area (Å²) in [5.74, 6) is 0.604. The van der Waals surface area contributed by atoms with Gasteiger partial charge in [0.05, 0.1) is 11.7 Å². The van der Waals surface area contributed by atoms with Crippen molar-refractivity contribution >= 4 is 22.1 Å². The first kappa shape index (κ1) is 14.0. The Hall–Kier alpha value is -1.92. The number of hydrogen-bond donors (Lipinski definition) is 1. The van der Waals surface area contributed by atoms with Gasteiger partial charge in [0, 0.05) is 30.7 Å². The highest BCUT2D eigenvalue weighted by Gasteiger charge is 2.21. The van der Waals surface area contributed by atoms with E-state index in [1.807, 2.05) is 40.9 Å². The number of halogens is 1. The molecule has 6 heteroatoms. The molecule has 2 heterocycles. The van der Waals surface area contributed by atoms with E-state index in [0.717, 1.165) is 16.5 Å². The Kier molecular flexibility index (Phi) is 3.65. The Bertz CT molecular complexity index is 764. The number of aromatic nitrogens is 2. The van der Waals surface area contributed by atoms with Gasteiger partial charge in [0.15, 0.2) is 10.8 Å². The first-order valence-corrected chi connectivity index (χ1v) is 7.63. The van der Waals surface area contributed by atoms with Gasteiger partial charge in [-0.2, -0.15) is 0 Å². The fourth-order valence-electron chi connectivity index (χ4n) is 2.50. The fourth-order valence-corrected chi connectivity index (χ4v) is 3.23. The van der Waals surface area contributed by atoms with Crippen LogP contribution in [0.25, 0.3) is 4.96 Å². The lowest BCUT2D eigenvalue weighted by Crippen LogP contribution is -2.24.